The number of nitrogens with one attached hydrogen (secondary N) is 3. The summed E-state index contributed by atoms with van der Waals surface area (Å²) < 4.78 is 25.4. The van der Waals surface area contributed by atoms with E-state index in [2.05, 4.69) is 20.6 Å². The van der Waals surface area contributed by atoms with Crippen molar-refractivity contribution in [3.8, 4) is 17.0 Å². The van der Waals surface area contributed by atoms with Crippen molar-refractivity contribution >= 4 is 28.9 Å². The largest absolute Gasteiger partial charge is 0.493 e. The standard InChI is InChI=1S/C21H20ClFN4O3/c1-29-10-11-8-25-21(28)16-17(11)27-18(12-6-7-24-9-14(12)23)19(16)26-15-5-3-4-13(22)20(15)30-2/h3-7,9,11,26-27H,8,10H2,1-2H3,(H,25,28)/t11-/m0/s1. The van der Waals surface area contributed by atoms with Gasteiger partial charge in [0.15, 0.2) is 11.6 Å². The summed E-state index contributed by atoms with van der Waals surface area (Å²) in [6.07, 6.45) is 2.63. The van der Waals surface area contributed by atoms with Crippen LogP contribution >= 0.6 is 11.6 Å². The molecular weight excluding hydrogens is 411 g/mol. The third-order valence-electron chi connectivity index (χ3n) is 5.01. The smallest absolute Gasteiger partial charge is 0.255 e. The number of rotatable bonds is 6. The number of hydrogen-bond acceptors (Lipinski definition) is 5. The molecule has 3 heterocycles. The van der Waals surface area contributed by atoms with Gasteiger partial charge >= 0.3 is 0 Å². The van der Waals surface area contributed by atoms with E-state index < -0.39 is 5.82 Å². The fourth-order valence-electron chi connectivity index (χ4n) is 3.67. The van der Waals surface area contributed by atoms with Crippen LogP contribution in [0.5, 0.6) is 5.75 Å². The molecule has 0 fully saturated rings. The number of H-pyrrole nitrogens is 1. The number of benzene rings is 1. The Morgan fingerprint density at radius 2 is 2.17 bits per heavy atom. The van der Waals surface area contributed by atoms with Gasteiger partial charge in [-0.25, -0.2) is 4.39 Å². The summed E-state index contributed by atoms with van der Waals surface area (Å²) >= 11 is 6.25. The van der Waals surface area contributed by atoms with Crippen LogP contribution in [0.1, 0.15) is 22.0 Å². The van der Waals surface area contributed by atoms with Gasteiger partial charge in [-0.05, 0) is 18.2 Å². The Hall–Kier alpha value is -3.10. The molecule has 1 amide bonds. The van der Waals surface area contributed by atoms with Gasteiger partial charge in [0.25, 0.3) is 5.91 Å². The van der Waals surface area contributed by atoms with E-state index in [9.17, 15) is 9.18 Å². The van der Waals surface area contributed by atoms with Gasteiger partial charge in [0.05, 0.1) is 47.6 Å². The monoisotopic (exact) mass is 430 g/mol. The van der Waals surface area contributed by atoms with Crippen LogP contribution in [0, 0.1) is 5.82 Å². The van der Waals surface area contributed by atoms with Crippen LogP contribution in [-0.2, 0) is 4.74 Å². The lowest BCUT2D eigenvalue weighted by Crippen LogP contribution is -2.36. The first-order valence-electron chi connectivity index (χ1n) is 9.27. The molecule has 4 rings (SSSR count). The van der Waals surface area contributed by atoms with Crippen molar-refractivity contribution in [2.24, 2.45) is 0 Å². The van der Waals surface area contributed by atoms with E-state index in [4.69, 9.17) is 21.1 Å². The summed E-state index contributed by atoms with van der Waals surface area (Å²) in [6, 6.07) is 6.77. The van der Waals surface area contributed by atoms with E-state index >= 15 is 0 Å². The molecule has 0 radical (unpaired) electrons. The zero-order valence-electron chi connectivity index (χ0n) is 16.4. The molecule has 7 nitrogen and oxygen atoms in total. The fraction of sp³-hybridized carbons (Fsp3) is 0.238. The van der Waals surface area contributed by atoms with E-state index in [0.29, 0.717) is 52.2 Å². The maximum atomic E-state index is 14.6. The highest BCUT2D eigenvalue weighted by Gasteiger charge is 2.33. The number of fused-ring (bicyclic) bond motifs is 1. The first-order valence-corrected chi connectivity index (χ1v) is 9.65. The summed E-state index contributed by atoms with van der Waals surface area (Å²) in [5.41, 5.74) is 2.76. The second-order valence-corrected chi connectivity index (χ2v) is 7.23. The lowest BCUT2D eigenvalue weighted by molar-refractivity contribution is 0.0925. The molecule has 0 aliphatic carbocycles. The van der Waals surface area contributed by atoms with Crippen LogP contribution in [-0.4, -0.2) is 43.2 Å². The number of methoxy groups -OCH3 is 2. The summed E-state index contributed by atoms with van der Waals surface area (Å²) in [4.78, 5) is 19.9. The molecule has 1 aliphatic heterocycles. The van der Waals surface area contributed by atoms with E-state index in [1.807, 2.05) is 0 Å². The van der Waals surface area contributed by atoms with Gasteiger partial charge in [-0.15, -0.1) is 0 Å². The maximum absolute atomic E-state index is 14.6. The Morgan fingerprint density at radius 3 is 2.90 bits per heavy atom. The van der Waals surface area contributed by atoms with Gasteiger partial charge in [0.1, 0.15) is 0 Å². The molecule has 1 aliphatic rings. The number of para-hydroxylation sites is 1. The van der Waals surface area contributed by atoms with Crippen molar-refractivity contribution < 1.29 is 18.7 Å². The second kappa shape index (κ2) is 8.33. The highest BCUT2D eigenvalue weighted by Crippen LogP contribution is 2.42. The van der Waals surface area contributed by atoms with Gasteiger partial charge in [-0.3, -0.25) is 9.78 Å². The molecule has 0 unspecified atom stereocenters. The highest BCUT2D eigenvalue weighted by molar-refractivity contribution is 6.32. The molecule has 0 bridgehead atoms. The number of nitrogens with zero attached hydrogens (tertiary/aromatic N) is 1. The van der Waals surface area contributed by atoms with E-state index in [1.165, 1.54) is 13.3 Å². The predicted octanol–water partition coefficient (Wildman–Crippen LogP) is 4.09. The van der Waals surface area contributed by atoms with Crippen LogP contribution in [0.2, 0.25) is 5.02 Å². The number of anilines is 2. The SMILES string of the molecule is COC[C@@H]1CNC(=O)c2c1[nH]c(-c1ccncc1F)c2Nc1cccc(Cl)c1OC. The van der Waals surface area contributed by atoms with Crippen LogP contribution in [0.4, 0.5) is 15.8 Å². The molecule has 1 atom stereocenters. The van der Waals surface area contributed by atoms with E-state index in [1.54, 1.807) is 31.4 Å². The van der Waals surface area contributed by atoms with Crippen molar-refractivity contribution in [3.63, 3.8) is 0 Å². The minimum atomic E-state index is -0.513. The van der Waals surface area contributed by atoms with Crippen LogP contribution in [0.25, 0.3) is 11.3 Å². The van der Waals surface area contributed by atoms with Gasteiger partial charge < -0.3 is 25.1 Å². The van der Waals surface area contributed by atoms with Crippen molar-refractivity contribution in [2.45, 2.75) is 5.92 Å². The highest BCUT2D eigenvalue weighted by atomic mass is 35.5. The van der Waals surface area contributed by atoms with E-state index in [-0.39, 0.29) is 17.4 Å². The first kappa shape index (κ1) is 20.2. The van der Waals surface area contributed by atoms with Gasteiger partial charge in [0.2, 0.25) is 0 Å². The number of amides is 1. The maximum Gasteiger partial charge on any atom is 0.255 e. The number of aromatic amines is 1. The number of hydrogen-bond donors (Lipinski definition) is 3. The van der Waals surface area contributed by atoms with Crippen molar-refractivity contribution in [1.82, 2.24) is 15.3 Å². The molecule has 0 saturated heterocycles. The molecule has 30 heavy (non-hydrogen) atoms. The third kappa shape index (κ3) is 3.48. The average Bonchev–Trinajstić information content (AvgIpc) is 3.11. The van der Waals surface area contributed by atoms with Crippen LogP contribution in [0.15, 0.2) is 36.7 Å². The fourth-order valence-corrected chi connectivity index (χ4v) is 3.92. The minimum Gasteiger partial charge on any atom is -0.493 e. The minimum absolute atomic E-state index is 0.108. The number of pyridine rings is 1. The topological polar surface area (TPSA) is 88.3 Å². The number of carbonyl (C=O) groups excluding carboxylic acids is 1. The lowest BCUT2D eigenvalue weighted by atomic mass is 9.97. The summed E-state index contributed by atoms with van der Waals surface area (Å²) in [6.45, 7) is 0.810. The third-order valence-corrected chi connectivity index (χ3v) is 5.31. The normalized spacial score (nSPS) is 15.5. The molecule has 156 valence electrons. The van der Waals surface area contributed by atoms with Crippen molar-refractivity contribution in [2.75, 3.05) is 32.7 Å². The summed E-state index contributed by atoms with van der Waals surface area (Å²) in [5, 5.41) is 6.51. The molecule has 0 spiro atoms. The first-order chi connectivity index (χ1) is 14.5. The zero-order chi connectivity index (χ0) is 21.3. The number of ether oxygens (including phenoxy) is 2. The molecule has 1 aromatic carbocycles. The summed E-state index contributed by atoms with van der Waals surface area (Å²) in [5.74, 6) is -0.471. The number of halogens is 2. The van der Waals surface area contributed by atoms with E-state index in [0.717, 1.165) is 6.20 Å². The van der Waals surface area contributed by atoms with Crippen molar-refractivity contribution in [3.05, 3.63) is 58.8 Å². The van der Waals surface area contributed by atoms with Crippen molar-refractivity contribution in [1.29, 1.82) is 0 Å². The number of carbonyl (C=O) groups is 1. The van der Waals surface area contributed by atoms with Crippen LogP contribution in [0.3, 0.4) is 0 Å². The van der Waals surface area contributed by atoms with Gasteiger partial charge in [-0.1, -0.05) is 17.7 Å². The molecule has 3 aromatic rings. The molecule has 2 aromatic heterocycles. The predicted molar refractivity (Wildman–Crippen MR) is 112 cm³/mol. The second-order valence-electron chi connectivity index (χ2n) is 6.83. The summed E-state index contributed by atoms with van der Waals surface area (Å²) in [7, 11) is 3.10. The van der Waals surface area contributed by atoms with Crippen LogP contribution < -0.4 is 15.4 Å². The lowest BCUT2D eigenvalue weighted by Gasteiger charge is -2.23. The Morgan fingerprint density at radius 1 is 1.33 bits per heavy atom. The molecular formula is C21H20ClFN4O3. The average molecular weight is 431 g/mol. The Bertz CT molecular complexity index is 1100. The zero-order valence-corrected chi connectivity index (χ0v) is 17.1. The molecule has 0 saturated carbocycles. The Labute approximate surface area is 177 Å². The Balaban J connectivity index is 1.93. The number of aromatic nitrogens is 2. The van der Waals surface area contributed by atoms with Gasteiger partial charge in [-0.2, -0.15) is 0 Å². The molecule has 9 heteroatoms. The quantitative estimate of drug-likeness (QED) is 0.548. The molecule has 3 N–H and O–H groups in total. The Kier molecular flexibility index (Phi) is 5.61. The van der Waals surface area contributed by atoms with Gasteiger partial charge in [0, 0.05) is 37.0 Å².